The van der Waals surface area contributed by atoms with Crippen LogP contribution in [0.2, 0.25) is 0 Å². The summed E-state index contributed by atoms with van der Waals surface area (Å²) >= 11 is 1.14. The summed E-state index contributed by atoms with van der Waals surface area (Å²) in [6.45, 7) is 12.5. The second-order valence-corrected chi connectivity index (χ2v) is 7.12. The number of nitrogens with zero attached hydrogens (tertiary/aromatic N) is 1. The first-order valence-corrected chi connectivity index (χ1v) is 9.47. The molecule has 1 aromatic heterocycles. The van der Waals surface area contributed by atoms with E-state index < -0.39 is 5.97 Å². The molecule has 140 valence electrons. The lowest BCUT2D eigenvalue weighted by atomic mass is 10.1. The topological polar surface area (TPSA) is 75.7 Å². The summed E-state index contributed by atoms with van der Waals surface area (Å²) < 4.78 is 5.11. The second-order valence-electron chi connectivity index (χ2n) is 6.10. The van der Waals surface area contributed by atoms with Crippen LogP contribution in [0.4, 0.5) is 5.00 Å². The fraction of sp³-hybridized carbons (Fsp3) is 0.611. The van der Waals surface area contributed by atoms with E-state index in [1.54, 1.807) is 18.7 Å². The molecule has 6 nitrogen and oxygen atoms in total. The average molecular weight is 368 g/mol. The highest BCUT2D eigenvalue weighted by Gasteiger charge is 2.28. The van der Waals surface area contributed by atoms with Gasteiger partial charge in [0.2, 0.25) is 5.91 Å². The third kappa shape index (κ3) is 5.29. The van der Waals surface area contributed by atoms with Crippen molar-refractivity contribution in [1.82, 2.24) is 4.90 Å². The predicted octanol–water partition coefficient (Wildman–Crippen LogP) is 3.70. The van der Waals surface area contributed by atoms with E-state index in [0.29, 0.717) is 35.0 Å². The fourth-order valence-electron chi connectivity index (χ4n) is 2.46. The SMILES string of the molecule is CCOC(=O)c1c(NC(=O)CC(C)C)sc(C(=O)N(CC)CC)c1C. The highest BCUT2D eigenvalue weighted by atomic mass is 32.1. The molecule has 1 heterocycles. The van der Waals surface area contributed by atoms with Crippen LogP contribution < -0.4 is 5.32 Å². The van der Waals surface area contributed by atoms with Crippen LogP contribution in [0.1, 0.15) is 66.6 Å². The molecule has 7 heteroatoms. The molecule has 25 heavy (non-hydrogen) atoms. The Bertz CT molecular complexity index is 633. The Kier molecular flexibility index (Phi) is 8.09. The Morgan fingerprint density at radius 3 is 2.24 bits per heavy atom. The van der Waals surface area contributed by atoms with E-state index in [0.717, 1.165) is 11.3 Å². The number of hydrogen-bond donors (Lipinski definition) is 1. The van der Waals surface area contributed by atoms with Gasteiger partial charge in [-0.15, -0.1) is 11.3 Å². The maximum absolute atomic E-state index is 12.7. The normalized spacial score (nSPS) is 10.7. The van der Waals surface area contributed by atoms with Crippen molar-refractivity contribution in [3.05, 3.63) is 16.0 Å². The molecule has 1 aromatic rings. The maximum atomic E-state index is 12.7. The number of rotatable bonds is 8. The summed E-state index contributed by atoms with van der Waals surface area (Å²) in [6, 6.07) is 0. The lowest BCUT2D eigenvalue weighted by Crippen LogP contribution is -2.30. The van der Waals surface area contributed by atoms with E-state index in [1.165, 1.54) is 0 Å². The molecule has 0 aromatic carbocycles. The lowest BCUT2D eigenvalue weighted by Gasteiger charge is -2.18. The first kappa shape index (κ1) is 21.2. The summed E-state index contributed by atoms with van der Waals surface area (Å²) in [5.41, 5.74) is 0.833. The van der Waals surface area contributed by atoms with Crippen molar-refractivity contribution < 1.29 is 19.1 Å². The summed E-state index contributed by atoms with van der Waals surface area (Å²) in [6.07, 6.45) is 0.346. The zero-order valence-electron chi connectivity index (χ0n) is 15.9. The molecule has 0 aliphatic heterocycles. The van der Waals surface area contributed by atoms with Gasteiger partial charge in [0.05, 0.1) is 17.0 Å². The van der Waals surface area contributed by atoms with Crippen molar-refractivity contribution in [2.75, 3.05) is 25.0 Å². The molecule has 0 atom stereocenters. The summed E-state index contributed by atoms with van der Waals surface area (Å²) in [5, 5.41) is 3.17. The van der Waals surface area contributed by atoms with Crippen molar-refractivity contribution >= 4 is 34.1 Å². The Morgan fingerprint density at radius 2 is 1.76 bits per heavy atom. The zero-order chi connectivity index (χ0) is 19.1. The molecule has 0 saturated carbocycles. The van der Waals surface area contributed by atoms with Gasteiger partial charge in [0, 0.05) is 19.5 Å². The molecule has 0 spiro atoms. The van der Waals surface area contributed by atoms with Crippen LogP contribution in [0.15, 0.2) is 0 Å². The van der Waals surface area contributed by atoms with Crippen LogP contribution >= 0.6 is 11.3 Å². The maximum Gasteiger partial charge on any atom is 0.341 e. The molecule has 1 rings (SSSR count). The molecular formula is C18H28N2O4S. The van der Waals surface area contributed by atoms with Gasteiger partial charge < -0.3 is 15.0 Å². The number of carbonyl (C=O) groups is 3. The third-order valence-electron chi connectivity index (χ3n) is 3.72. The van der Waals surface area contributed by atoms with Gasteiger partial charge in [-0.1, -0.05) is 13.8 Å². The third-order valence-corrected chi connectivity index (χ3v) is 4.91. The van der Waals surface area contributed by atoms with Crippen LogP contribution in [0.25, 0.3) is 0 Å². The molecule has 1 N–H and O–H groups in total. The Hall–Kier alpha value is -1.89. The van der Waals surface area contributed by atoms with Crippen LogP contribution in [-0.2, 0) is 9.53 Å². The summed E-state index contributed by atoms with van der Waals surface area (Å²) in [7, 11) is 0. The van der Waals surface area contributed by atoms with E-state index in [4.69, 9.17) is 4.74 Å². The number of carbonyl (C=O) groups excluding carboxylic acids is 3. The van der Waals surface area contributed by atoms with Crippen LogP contribution in [-0.4, -0.2) is 42.4 Å². The molecule has 0 unspecified atom stereocenters. The van der Waals surface area contributed by atoms with Gasteiger partial charge in [-0.3, -0.25) is 9.59 Å². The number of esters is 1. The average Bonchev–Trinajstić information content (AvgIpc) is 2.84. The van der Waals surface area contributed by atoms with Crippen LogP contribution in [0, 0.1) is 12.8 Å². The van der Waals surface area contributed by atoms with E-state index in [-0.39, 0.29) is 29.9 Å². The van der Waals surface area contributed by atoms with Gasteiger partial charge in [0.15, 0.2) is 0 Å². The summed E-state index contributed by atoms with van der Waals surface area (Å²) in [5.74, 6) is -0.635. The van der Waals surface area contributed by atoms with Gasteiger partial charge in [-0.25, -0.2) is 4.79 Å². The van der Waals surface area contributed by atoms with Crippen molar-refractivity contribution in [1.29, 1.82) is 0 Å². The number of ether oxygens (including phenoxy) is 1. The highest BCUT2D eigenvalue weighted by molar-refractivity contribution is 7.18. The molecule has 0 aliphatic carbocycles. The smallest absolute Gasteiger partial charge is 0.341 e. The lowest BCUT2D eigenvalue weighted by molar-refractivity contribution is -0.116. The molecular weight excluding hydrogens is 340 g/mol. The highest BCUT2D eigenvalue weighted by Crippen LogP contribution is 2.34. The monoisotopic (exact) mass is 368 g/mol. The minimum absolute atomic E-state index is 0.137. The van der Waals surface area contributed by atoms with Crippen molar-refractivity contribution in [3.8, 4) is 0 Å². The molecule has 0 saturated heterocycles. The first-order chi connectivity index (χ1) is 11.8. The van der Waals surface area contributed by atoms with Crippen LogP contribution in [0.5, 0.6) is 0 Å². The summed E-state index contributed by atoms with van der Waals surface area (Å²) in [4.78, 5) is 39.3. The first-order valence-electron chi connectivity index (χ1n) is 8.66. The number of thiophene rings is 1. The largest absolute Gasteiger partial charge is 0.462 e. The van der Waals surface area contributed by atoms with Gasteiger partial charge in [0.25, 0.3) is 5.91 Å². The predicted molar refractivity (Wildman–Crippen MR) is 100 cm³/mol. The number of nitrogens with one attached hydrogen (secondary N) is 1. The van der Waals surface area contributed by atoms with E-state index in [2.05, 4.69) is 5.32 Å². The number of anilines is 1. The Morgan fingerprint density at radius 1 is 1.16 bits per heavy atom. The van der Waals surface area contributed by atoms with Gasteiger partial charge in [-0.2, -0.15) is 0 Å². The van der Waals surface area contributed by atoms with Crippen molar-refractivity contribution in [2.45, 2.75) is 48.0 Å². The fourth-order valence-corrected chi connectivity index (χ4v) is 3.64. The number of hydrogen-bond acceptors (Lipinski definition) is 5. The standard InChI is InChI=1S/C18H28N2O4S/c1-7-20(8-2)17(22)15-12(6)14(18(23)24-9-3)16(25-15)19-13(21)10-11(4)5/h11H,7-10H2,1-6H3,(H,19,21). The zero-order valence-corrected chi connectivity index (χ0v) is 16.7. The second kappa shape index (κ2) is 9.56. The molecule has 0 aliphatic rings. The Labute approximate surface area is 153 Å². The van der Waals surface area contributed by atoms with Gasteiger partial charge in [-0.05, 0) is 39.2 Å². The molecule has 2 amide bonds. The quantitative estimate of drug-likeness (QED) is 0.710. The minimum atomic E-state index is -0.519. The van der Waals surface area contributed by atoms with Crippen LogP contribution in [0.3, 0.4) is 0 Å². The Balaban J connectivity index is 3.29. The molecule has 0 fully saturated rings. The van der Waals surface area contributed by atoms with Crippen molar-refractivity contribution in [3.63, 3.8) is 0 Å². The van der Waals surface area contributed by atoms with Gasteiger partial charge in [0.1, 0.15) is 5.00 Å². The van der Waals surface area contributed by atoms with Gasteiger partial charge >= 0.3 is 5.97 Å². The van der Waals surface area contributed by atoms with E-state index in [1.807, 2.05) is 27.7 Å². The van der Waals surface area contributed by atoms with E-state index in [9.17, 15) is 14.4 Å². The van der Waals surface area contributed by atoms with Crippen molar-refractivity contribution in [2.24, 2.45) is 5.92 Å². The number of amides is 2. The molecule has 0 radical (unpaired) electrons. The molecule has 0 bridgehead atoms. The van der Waals surface area contributed by atoms with E-state index >= 15 is 0 Å². The minimum Gasteiger partial charge on any atom is -0.462 e.